The fraction of sp³-hybridized carbons (Fsp3) is 0.625. The predicted molar refractivity (Wildman–Crippen MR) is 79.8 cm³/mol. The van der Waals surface area contributed by atoms with E-state index < -0.39 is 5.60 Å². The fourth-order valence-corrected chi connectivity index (χ4v) is 1.89. The third-order valence-corrected chi connectivity index (χ3v) is 2.99. The first-order valence-electron chi connectivity index (χ1n) is 6.92. The van der Waals surface area contributed by atoms with Gasteiger partial charge in [-0.2, -0.15) is 0 Å². The highest BCUT2D eigenvalue weighted by atomic mass is 16.5. The van der Waals surface area contributed by atoms with E-state index in [2.05, 4.69) is 32.2 Å². The third kappa shape index (κ3) is 5.21. The summed E-state index contributed by atoms with van der Waals surface area (Å²) < 4.78 is 5.84. The van der Waals surface area contributed by atoms with E-state index in [0.29, 0.717) is 6.54 Å². The Hall–Kier alpha value is -1.06. The Labute approximate surface area is 117 Å². The van der Waals surface area contributed by atoms with Crippen LogP contribution in [0, 0.1) is 0 Å². The van der Waals surface area contributed by atoms with Crippen LogP contribution in [0.2, 0.25) is 0 Å². The highest BCUT2D eigenvalue weighted by Gasteiger charge is 2.23. The van der Waals surface area contributed by atoms with Crippen LogP contribution in [-0.2, 0) is 5.41 Å². The molecule has 0 saturated carbocycles. The summed E-state index contributed by atoms with van der Waals surface area (Å²) in [4.78, 5) is 0. The summed E-state index contributed by atoms with van der Waals surface area (Å²) in [5, 5.41) is 13.4. The summed E-state index contributed by atoms with van der Waals surface area (Å²) in [5.74, 6) is 0.853. The second-order valence-electron chi connectivity index (χ2n) is 6.31. The zero-order valence-electron chi connectivity index (χ0n) is 12.8. The van der Waals surface area contributed by atoms with Gasteiger partial charge in [-0.05, 0) is 30.5 Å². The average Bonchev–Trinajstić information content (AvgIpc) is 2.33. The van der Waals surface area contributed by atoms with Gasteiger partial charge in [0.05, 0.1) is 0 Å². The Balaban J connectivity index is 2.73. The molecule has 0 saturated heterocycles. The molecule has 1 aromatic rings. The van der Waals surface area contributed by atoms with Crippen molar-refractivity contribution in [2.24, 2.45) is 0 Å². The van der Waals surface area contributed by atoms with E-state index >= 15 is 0 Å². The largest absolute Gasteiger partial charge is 0.490 e. The minimum absolute atomic E-state index is 0.0319. The number of rotatable bonds is 6. The molecule has 0 radical (unpaired) electrons. The van der Waals surface area contributed by atoms with Crippen LogP contribution in [0.3, 0.4) is 0 Å². The molecule has 1 rings (SSSR count). The van der Waals surface area contributed by atoms with Gasteiger partial charge < -0.3 is 15.2 Å². The normalized spacial score (nSPS) is 15.1. The first-order valence-corrected chi connectivity index (χ1v) is 6.92. The van der Waals surface area contributed by atoms with Gasteiger partial charge in [0.15, 0.2) is 0 Å². The molecule has 0 bridgehead atoms. The number of benzene rings is 1. The van der Waals surface area contributed by atoms with Crippen LogP contribution in [0.15, 0.2) is 24.3 Å². The summed E-state index contributed by atoms with van der Waals surface area (Å²) in [5.41, 5.74) is 0.333. The first-order chi connectivity index (χ1) is 8.76. The standard InChI is InChI=1S/C16H27NO2/c1-6-17-11-16(5,18)12-19-14-10-8-7-9-13(14)15(2,3)4/h7-10,17-18H,6,11-12H2,1-5H3. The number of hydrogen-bond acceptors (Lipinski definition) is 3. The minimum Gasteiger partial charge on any atom is -0.490 e. The summed E-state index contributed by atoms with van der Waals surface area (Å²) >= 11 is 0. The van der Waals surface area contributed by atoms with Gasteiger partial charge in [0.1, 0.15) is 18.0 Å². The molecule has 19 heavy (non-hydrogen) atoms. The quantitative estimate of drug-likeness (QED) is 0.831. The second-order valence-corrected chi connectivity index (χ2v) is 6.31. The Morgan fingerprint density at radius 3 is 2.37 bits per heavy atom. The molecule has 2 N–H and O–H groups in total. The van der Waals surface area contributed by atoms with Crippen molar-refractivity contribution in [1.29, 1.82) is 0 Å². The lowest BCUT2D eigenvalue weighted by Crippen LogP contribution is -2.43. The first kappa shape index (κ1) is 16.0. The molecule has 0 fully saturated rings. The van der Waals surface area contributed by atoms with E-state index in [9.17, 15) is 5.11 Å². The van der Waals surface area contributed by atoms with Gasteiger partial charge in [0.2, 0.25) is 0 Å². The molecule has 0 aliphatic rings. The number of likely N-dealkylation sites (N-methyl/N-ethyl adjacent to an activating group) is 1. The number of nitrogens with one attached hydrogen (secondary N) is 1. The predicted octanol–water partition coefficient (Wildman–Crippen LogP) is 2.72. The lowest BCUT2D eigenvalue weighted by Gasteiger charge is -2.27. The van der Waals surface area contributed by atoms with Gasteiger partial charge in [-0.25, -0.2) is 0 Å². The van der Waals surface area contributed by atoms with Gasteiger partial charge in [0, 0.05) is 6.54 Å². The fourth-order valence-electron chi connectivity index (χ4n) is 1.89. The molecule has 1 atom stereocenters. The van der Waals surface area contributed by atoms with E-state index in [1.807, 2.05) is 25.1 Å². The van der Waals surface area contributed by atoms with Gasteiger partial charge in [-0.3, -0.25) is 0 Å². The van der Waals surface area contributed by atoms with Crippen molar-refractivity contribution in [2.45, 2.75) is 45.6 Å². The SMILES string of the molecule is CCNCC(C)(O)COc1ccccc1C(C)(C)C. The molecule has 0 aliphatic carbocycles. The van der Waals surface area contributed by atoms with Crippen LogP contribution in [0.25, 0.3) is 0 Å². The molecular weight excluding hydrogens is 238 g/mol. The van der Waals surface area contributed by atoms with Gasteiger partial charge in [-0.15, -0.1) is 0 Å². The smallest absolute Gasteiger partial charge is 0.123 e. The average molecular weight is 265 g/mol. The highest BCUT2D eigenvalue weighted by Crippen LogP contribution is 2.31. The summed E-state index contributed by atoms with van der Waals surface area (Å²) in [6.07, 6.45) is 0. The molecule has 3 heteroatoms. The maximum absolute atomic E-state index is 10.2. The number of hydrogen-bond donors (Lipinski definition) is 2. The Morgan fingerprint density at radius 2 is 1.79 bits per heavy atom. The van der Waals surface area contributed by atoms with Gasteiger partial charge in [0.25, 0.3) is 0 Å². The Kier molecular flexibility index (Phi) is 5.39. The molecule has 1 unspecified atom stereocenters. The molecular formula is C16H27NO2. The van der Waals surface area contributed by atoms with Crippen LogP contribution in [0.5, 0.6) is 5.75 Å². The third-order valence-electron chi connectivity index (χ3n) is 2.99. The van der Waals surface area contributed by atoms with Crippen LogP contribution in [0.1, 0.15) is 40.2 Å². The molecule has 0 spiro atoms. The van der Waals surface area contributed by atoms with E-state index in [4.69, 9.17) is 4.74 Å². The summed E-state index contributed by atoms with van der Waals surface area (Å²) in [7, 11) is 0. The minimum atomic E-state index is -0.860. The van der Waals surface area contributed by atoms with Crippen molar-refractivity contribution in [2.75, 3.05) is 19.7 Å². The topological polar surface area (TPSA) is 41.5 Å². The van der Waals surface area contributed by atoms with Crippen molar-refractivity contribution < 1.29 is 9.84 Å². The Morgan fingerprint density at radius 1 is 1.16 bits per heavy atom. The maximum atomic E-state index is 10.2. The summed E-state index contributed by atoms with van der Waals surface area (Å²) in [6, 6.07) is 8.02. The maximum Gasteiger partial charge on any atom is 0.123 e. The van der Waals surface area contributed by atoms with Crippen molar-refractivity contribution >= 4 is 0 Å². The molecule has 0 aromatic heterocycles. The molecule has 108 valence electrons. The van der Waals surface area contributed by atoms with E-state index in [1.54, 1.807) is 6.92 Å². The van der Waals surface area contributed by atoms with Gasteiger partial charge >= 0.3 is 0 Å². The monoisotopic (exact) mass is 265 g/mol. The van der Waals surface area contributed by atoms with E-state index in [0.717, 1.165) is 17.9 Å². The number of ether oxygens (including phenoxy) is 1. The van der Waals surface area contributed by atoms with E-state index in [1.165, 1.54) is 0 Å². The zero-order valence-corrected chi connectivity index (χ0v) is 12.8. The highest BCUT2D eigenvalue weighted by molar-refractivity contribution is 5.38. The van der Waals surface area contributed by atoms with Crippen molar-refractivity contribution in [3.05, 3.63) is 29.8 Å². The lowest BCUT2D eigenvalue weighted by molar-refractivity contribution is 0.0122. The van der Waals surface area contributed by atoms with E-state index in [-0.39, 0.29) is 12.0 Å². The molecule has 1 aromatic carbocycles. The van der Waals surface area contributed by atoms with Crippen molar-refractivity contribution in [1.82, 2.24) is 5.32 Å². The van der Waals surface area contributed by atoms with Crippen LogP contribution in [0.4, 0.5) is 0 Å². The molecule has 3 nitrogen and oxygen atoms in total. The van der Waals surface area contributed by atoms with Crippen molar-refractivity contribution in [3.8, 4) is 5.75 Å². The number of para-hydroxylation sites is 1. The van der Waals surface area contributed by atoms with Crippen LogP contribution >= 0.6 is 0 Å². The molecule has 0 heterocycles. The van der Waals surface area contributed by atoms with Gasteiger partial charge in [-0.1, -0.05) is 45.9 Å². The zero-order chi connectivity index (χ0) is 14.5. The lowest BCUT2D eigenvalue weighted by atomic mass is 9.86. The molecule has 0 amide bonds. The van der Waals surface area contributed by atoms with Crippen LogP contribution < -0.4 is 10.1 Å². The Bertz CT molecular complexity index is 394. The van der Waals surface area contributed by atoms with Crippen molar-refractivity contribution in [3.63, 3.8) is 0 Å². The summed E-state index contributed by atoms with van der Waals surface area (Å²) in [6.45, 7) is 11.9. The molecule has 0 aliphatic heterocycles. The number of aliphatic hydroxyl groups is 1. The second kappa shape index (κ2) is 6.40. The van der Waals surface area contributed by atoms with Crippen LogP contribution in [-0.4, -0.2) is 30.4 Å².